The maximum absolute atomic E-state index is 10.9. The number of methoxy groups -OCH3 is 1. The molecule has 0 saturated carbocycles. The molecule has 0 spiro atoms. The smallest absolute Gasteiger partial charge is 0.220 e. The lowest BCUT2D eigenvalue weighted by molar-refractivity contribution is -0.121. The minimum atomic E-state index is -0.476. The predicted molar refractivity (Wildman–Crippen MR) is 45.8 cm³/mol. The topological polar surface area (TPSA) is 58.6 Å². The second-order valence-electron chi connectivity index (χ2n) is 2.75. The molecule has 0 aromatic rings. The van der Waals surface area contributed by atoms with Crippen molar-refractivity contribution in [3.8, 4) is 0 Å². The summed E-state index contributed by atoms with van der Waals surface area (Å²) in [6.45, 7) is 2.56. The van der Waals surface area contributed by atoms with E-state index in [2.05, 4.69) is 5.32 Å². The number of amides is 1. The summed E-state index contributed by atoms with van der Waals surface area (Å²) in [5.41, 5.74) is 0. The third-order valence-electron chi connectivity index (χ3n) is 1.35. The lowest BCUT2D eigenvalue weighted by Crippen LogP contribution is -2.30. The Morgan fingerprint density at radius 3 is 2.83 bits per heavy atom. The molecule has 0 aliphatic carbocycles. The predicted octanol–water partition coefficient (Wildman–Crippen LogP) is -0.0900. The number of nitrogens with one attached hydrogen (secondary N) is 1. The van der Waals surface area contributed by atoms with E-state index in [1.54, 1.807) is 14.0 Å². The van der Waals surface area contributed by atoms with Crippen LogP contribution in [-0.2, 0) is 9.53 Å². The molecule has 0 radical (unpaired) electrons. The zero-order valence-electron chi connectivity index (χ0n) is 7.67. The molecule has 4 heteroatoms. The first kappa shape index (κ1) is 11.4. The highest BCUT2D eigenvalue weighted by molar-refractivity contribution is 5.75. The van der Waals surface area contributed by atoms with Gasteiger partial charge >= 0.3 is 0 Å². The van der Waals surface area contributed by atoms with Gasteiger partial charge in [-0.05, 0) is 13.3 Å². The van der Waals surface area contributed by atoms with Crippen molar-refractivity contribution in [2.24, 2.45) is 0 Å². The van der Waals surface area contributed by atoms with Gasteiger partial charge < -0.3 is 15.2 Å². The monoisotopic (exact) mass is 175 g/mol. The average molecular weight is 175 g/mol. The molecule has 0 aromatic heterocycles. The van der Waals surface area contributed by atoms with Gasteiger partial charge in [0, 0.05) is 26.7 Å². The number of aliphatic hydroxyl groups is 1. The summed E-state index contributed by atoms with van der Waals surface area (Å²) in [5.74, 6) is -0.0343. The third kappa shape index (κ3) is 7.50. The van der Waals surface area contributed by atoms with Crippen LogP contribution in [-0.4, -0.2) is 37.4 Å². The molecular formula is C8H17NO3. The van der Waals surface area contributed by atoms with Gasteiger partial charge in [0.05, 0.1) is 6.10 Å². The van der Waals surface area contributed by atoms with Gasteiger partial charge in [0.2, 0.25) is 5.91 Å². The summed E-state index contributed by atoms with van der Waals surface area (Å²) >= 11 is 0. The van der Waals surface area contributed by atoms with Crippen LogP contribution in [0.25, 0.3) is 0 Å². The van der Waals surface area contributed by atoms with Gasteiger partial charge in [0.25, 0.3) is 0 Å². The largest absolute Gasteiger partial charge is 0.392 e. The van der Waals surface area contributed by atoms with Crippen molar-refractivity contribution in [3.63, 3.8) is 0 Å². The van der Waals surface area contributed by atoms with Crippen molar-refractivity contribution < 1.29 is 14.6 Å². The Kier molecular flexibility index (Phi) is 6.70. The van der Waals surface area contributed by atoms with Gasteiger partial charge in [-0.1, -0.05) is 0 Å². The van der Waals surface area contributed by atoms with E-state index in [-0.39, 0.29) is 5.91 Å². The van der Waals surface area contributed by atoms with Crippen LogP contribution in [0.4, 0.5) is 0 Å². The van der Waals surface area contributed by atoms with Crippen LogP contribution in [0.15, 0.2) is 0 Å². The fraction of sp³-hybridized carbons (Fsp3) is 0.875. The molecule has 0 heterocycles. The number of hydrogen-bond acceptors (Lipinski definition) is 3. The van der Waals surface area contributed by atoms with Gasteiger partial charge in [-0.2, -0.15) is 0 Å². The van der Waals surface area contributed by atoms with E-state index in [0.717, 1.165) is 6.42 Å². The first-order chi connectivity index (χ1) is 5.66. The van der Waals surface area contributed by atoms with E-state index in [1.807, 2.05) is 0 Å². The Balaban J connectivity index is 3.22. The Hall–Kier alpha value is -0.610. The maximum Gasteiger partial charge on any atom is 0.220 e. The number of hydrogen-bond donors (Lipinski definition) is 2. The molecule has 0 saturated heterocycles. The molecule has 0 unspecified atom stereocenters. The summed E-state index contributed by atoms with van der Waals surface area (Å²) in [5, 5.41) is 11.4. The lowest BCUT2D eigenvalue weighted by Gasteiger charge is -2.06. The van der Waals surface area contributed by atoms with Crippen LogP contribution in [0.2, 0.25) is 0 Å². The van der Waals surface area contributed by atoms with Gasteiger partial charge in [-0.15, -0.1) is 0 Å². The van der Waals surface area contributed by atoms with E-state index < -0.39 is 6.10 Å². The van der Waals surface area contributed by atoms with Crippen LogP contribution in [0.1, 0.15) is 19.8 Å². The van der Waals surface area contributed by atoms with Gasteiger partial charge in [-0.3, -0.25) is 4.79 Å². The van der Waals surface area contributed by atoms with Crippen molar-refractivity contribution in [2.75, 3.05) is 20.3 Å². The van der Waals surface area contributed by atoms with Crippen LogP contribution in [0.3, 0.4) is 0 Å². The number of carbonyl (C=O) groups excluding carboxylic acids is 1. The molecule has 72 valence electrons. The third-order valence-corrected chi connectivity index (χ3v) is 1.35. The molecule has 2 N–H and O–H groups in total. The first-order valence-corrected chi connectivity index (χ1v) is 4.10. The second-order valence-corrected chi connectivity index (χ2v) is 2.75. The van der Waals surface area contributed by atoms with Crippen LogP contribution in [0, 0.1) is 0 Å². The summed E-state index contributed by atoms with van der Waals surface area (Å²) < 4.78 is 4.79. The summed E-state index contributed by atoms with van der Waals surface area (Å²) in [6, 6.07) is 0. The molecule has 1 atom stereocenters. The summed E-state index contributed by atoms with van der Waals surface area (Å²) in [4.78, 5) is 10.9. The Labute approximate surface area is 72.9 Å². The second kappa shape index (κ2) is 7.06. The molecular weight excluding hydrogens is 158 g/mol. The van der Waals surface area contributed by atoms with Crippen molar-refractivity contribution >= 4 is 5.91 Å². The van der Waals surface area contributed by atoms with E-state index in [9.17, 15) is 4.79 Å². The molecule has 0 aliphatic rings. The fourth-order valence-corrected chi connectivity index (χ4v) is 0.727. The molecule has 12 heavy (non-hydrogen) atoms. The number of aliphatic hydroxyl groups excluding tert-OH is 1. The normalized spacial score (nSPS) is 12.6. The Morgan fingerprint density at radius 2 is 2.33 bits per heavy atom. The Bertz CT molecular complexity index is 125. The zero-order valence-corrected chi connectivity index (χ0v) is 7.67. The van der Waals surface area contributed by atoms with Crippen molar-refractivity contribution in [1.29, 1.82) is 0 Å². The Morgan fingerprint density at radius 1 is 1.67 bits per heavy atom. The minimum Gasteiger partial charge on any atom is -0.392 e. The lowest BCUT2D eigenvalue weighted by atomic mass is 10.3. The van der Waals surface area contributed by atoms with Crippen molar-refractivity contribution in [3.05, 3.63) is 0 Å². The SMILES string of the molecule is COCCCC(=O)NC[C@@H](C)O. The molecule has 0 aromatic carbocycles. The van der Waals surface area contributed by atoms with Crippen molar-refractivity contribution in [1.82, 2.24) is 5.32 Å². The molecule has 0 bridgehead atoms. The number of carbonyl (C=O) groups is 1. The molecule has 0 fully saturated rings. The van der Waals surface area contributed by atoms with Gasteiger partial charge in [0.15, 0.2) is 0 Å². The molecule has 0 aliphatic heterocycles. The molecule has 0 rings (SSSR count). The number of rotatable bonds is 6. The van der Waals surface area contributed by atoms with Gasteiger partial charge in [-0.25, -0.2) is 0 Å². The standard InChI is InChI=1S/C8H17NO3/c1-7(10)6-9-8(11)4-3-5-12-2/h7,10H,3-6H2,1-2H3,(H,9,11)/t7-/m1/s1. The van der Waals surface area contributed by atoms with Gasteiger partial charge in [0.1, 0.15) is 0 Å². The quantitative estimate of drug-likeness (QED) is 0.555. The highest BCUT2D eigenvalue weighted by atomic mass is 16.5. The van der Waals surface area contributed by atoms with Crippen LogP contribution >= 0.6 is 0 Å². The molecule has 4 nitrogen and oxygen atoms in total. The van der Waals surface area contributed by atoms with E-state index in [1.165, 1.54) is 0 Å². The zero-order chi connectivity index (χ0) is 9.40. The summed E-state index contributed by atoms with van der Waals surface area (Å²) in [7, 11) is 1.60. The highest BCUT2D eigenvalue weighted by Crippen LogP contribution is 1.89. The highest BCUT2D eigenvalue weighted by Gasteiger charge is 2.01. The first-order valence-electron chi connectivity index (χ1n) is 4.10. The number of ether oxygens (including phenoxy) is 1. The van der Waals surface area contributed by atoms with E-state index in [4.69, 9.17) is 9.84 Å². The maximum atomic E-state index is 10.9. The molecule has 1 amide bonds. The fourth-order valence-electron chi connectivity index (χ4n) is 0.727. The van der Waals surface area contributed by atoms with Crippen LogP contribution < -0.4 is 5.32 Å². The van der Waals surface area contributed by atoms with Crippen LogP contribution in [0.5, 0.6) is 0 Å². The van der Waals surface area contributed by atoms with E-state index >= 15 is 0 Å². The van der Waals surface area contributed by atoms with Crippen molar-refractivity contribution in [2.45, 2.75) is 25.9 Å². The minimum absolute atomic E-state index is 0.0343. The summed E-state index contributed by atoms with van der Waals surface area (Å²) in [6.07, 6.45) is 0.708. The average Bonchev–Trinajstić information content (AvgIpc) is 2.01. The van der Waals surface area contributed by atoms with E-state index in [0.29, 0.717) is 19.6 Å².